The molecule has 3 nitrogen and oxygen atoms in total. The summed E-state index contributed by atoms with van der Waals surface area (Å²) in [6.45, 7) is 0. The highest BCUT2D eigenvalue weighted by Gasteiger charge is 2.07. The average molecular weight is 404 g/mol. The van der Waals surface area contributed by atoms with E-state index in [2.05, 4.69) is 0 Å². The van der Waals surface area contributed by atoms with Gasteiger partial charge in [0, 0.05) is 5.56 Å². The molecule has 0 aliphatic carbocycles. The van der Waals surface area contributed by atoms with E-state index in [1.807, 2.05) is 60.7 Å². The third-order valence-electron chi connectivity index (χ3n) is 4.80. The lowest BCUT2D eigenvalue weighted by molar-refractivity contribution is 0.0734. The quantitative estimate of drug-likeness (QED) is 0.160. The van der Waals surface area contributed by atoms with Crippen molar-refractivity contribution in [2.45, 2.75) is 0 Å². The molecule has 0 aromatic heterocycles. The van der Waals surface area contributed by atoms with E-state index in [0.29, 0.717) is 16.9 Å². The first-order valence-electron chi connectivity index (χ1n) is 9.94. The number of ketones is 1. The molecule has 0 aliphatic rings. The Kier molecular flexibility index (Phi) is 6.15. The van der Waals surface area contributed by atoms with Gasteiger partial charge in [-0.1, -0.05) is 91.0 Å². The van der Waals surface area contributed by atoms with Crippen molar-refractivity contribution < 1.29 is 14.3 Å². The standard InChI is InChI=1S/C28H20O3/c29-27(24-16-14-23(15-17-24)22-7-3-1-4-8-22)20-13-21-11-18-26(19-12-21)31-28(30)25-9-5-2-6-10-25/h1-20H/b20-13+. The summed E-state index contributed by atoms with van der Waals surface area (Å²) in [4.78, 5) is 24.6. The summed E-state index contributed by atoms with van der Waals surface area (Å²) in [5.74, 6) is -0.0222. The summed E-state index contributed by atoms with van der Waals surface area (Å²) in [7, 11) is 0. The van der Waals surface area contributed by atoms with Gasteiger partial charge in [-0.2, -0.15) is 0 Å². The molecule has 4 rings (SSSR count). The fraction of sp³-hybridized carbons (Fsp3) is 0. The van der Waals surface area contributed by atoms with Crippen LogP contribution in [0.1, 0.15) is 26.3 Å². The number of hydrogen-bond acceptors (Lipinski definition) is 3. The van der Waals surface area contributed by atoms with Crippen molar-refractivity contribution in [1.82, 2.24) is 0 Å². The van der Waals surface area contributed by atoms with Crippen LogP contribution in [0.25, 0.3) is 17.2 Å². The Morgan fingerprint density at radius 1 is 0.581 bits per heavy atom. The molecule has 0 fully saturated rings. The number of carbonyl (C=O) groups excluding carboxylic acids is 2. The van der Waals surface area contributed by atoms with Gasteiger partial charge in [0.15, 0.2) is 5.78 Å². The van der Waals surface area contributed by atoms with Crippen LogP contribution in [-0.2, 0) is 0 Å². The molecular formula is C28H20O3. The molecule has 0 aliphatic heterocycles. The first kappa shape index (κ1) is 20.0. The Balaban J connectivity index is 1.38. The first-order valence-corrected chi connectivity index (χ1v) is 9.94. The van der Waals surface area contributed by atoms with Crippen LogP contribution in [0.15, 0.2) is 115 Å². The molecule has 150 valence electrons. The molecule has 0 unspecified atom stereocenters. The minimum atomic E-state index is -0.405. The molecule has 0 N–H and O–H groups in total. The van der Waals surface area contributed by atoms with Crippen molar-refractivity contribution in [3.8, 4) is 16.9 Å². The van der Waals surface area contributed by atoms with Crippen molar-refractivity contribution in [3.05, 3.63) is 132 Å². The summed E-state index contributed by atoms with van der Waals surface area (Å²) in [5, 5.41) is 0. The Morgan fingerprint density at radius 2 is 1.16 bits per heavy atom. The average Bonchev–Trinajstić information content (AvgIpc) is 2.84. The molecule has 4 aromatic carbocycles. The van der Waals surface area contributed by atoms with Crippen LogP contribution in [0.3, 0.4) is 0 Å². The van der Waals surface area contributed by atoms with E-state index in [4.69, 9.17) is 4.74 Å². The molecule has 0 bridgehead atoms. The zero-order valence-electron chi connectivity index (χ0n) is 16.8. The van der Waals surface area contributed by atoms with Gasteiger partial charge in [-0.3, -0.25) is 4.79 Å². The van der Waals surface area contributed by atoms with Crippen LogP contribution in [0, 0.1) is 0 Å². The van der Waals surface area contributed by atoms with E-state index < -0.39 is 5.97 Å². The Morgan fingerprint density at radius 3 is 1.81 bits per heavy atom. The summed E-state index contributed by atoms with van der Waals surface area (Å²) in [6, 6.07) is 33.5. The van der Waals surface area contributed by atoms with Crippen molar-refractivity contribution in [1.29, 1.82) is 0 Å². The van der Waals surface area contributed by atoms with Gasteiger partial charge in [0.25, 0.3) is 0 Å². The topological polar surface area (TPSA) is 43.4 Å². The lowest BCUT2D eigenvalue weighted by atomic mass is 10.0. The third-order valence-corrected chi connectivity index (χ3v) is 4.80. The Bertz CT molecular complexity index is 1190. The molecule has 0 saturated heterocycles. The zero-order chi connectivity index (χ0) is 21.5. The van der Waals surface area contributed by atoms with Gasteiger partial charge >= 0.3 is 5.97 Å². The number of benzene rings is 4. The van der Waals surface area contributed by atoms with E-state index in [1.54, 1.807) is 60.7 Å². The second-order valence-corrected chi connectivity index (χ2v) is 6.97. The molecule has 0 radical (unpaired) electrons. The van der Waals surface area contributed by atoms with Crippen molar-refractivity contribution >= 4 is 17.8 Å². The second-order valence-electron chi connectivity index (χ2n) is 6.97. The maximum absolute atomic E-state index is 12.5. The van der Waals surface area contributed by atoms with Gasteiger partial charge in [-0.15, -0.1) is 0 Å². The highest BCUT2D eigenvalue weighted by Crippen LogP contribution is 2.20. The number of rotatable bonds is 6. The van der Waals surface area contributed by atoms with Gasteiger partial charge in [0.1, 0.15) is 5.75 Å². The maximum atomic E-state index is 12.5. The van der Waals surface area contributed by atoms with E-state index in [1.165, 1.54) is 0 Å². The van der Waals surface area contributed by atoms with Gasteiger partial charge in [-0.25, -0.2) is 4.79 Å². The zero-order valence-corrected chi connectivity index (χ0v) is 16.8. The smallest absolute Gasteiger partial charge is 0.343 e. The summed E-state index contributed by atoms with van der Waals surface area (Å²) < 4.78 is 5.37. The third kappa shape index (κ3) is 5.22. The van der Waals surface area contributed by atoms with E-state index in [-0.39, 0.29) is 5.78 Å². The number of allylic oxidation sites excluding steroid dienone is 1. The van der Waals surface area contributed by atoms with Crippen molar-refractivity contribution in [3.63, 3.8) is 0 Å². The predicted octanol–water partition coefficient (Wildman–Crippen LogP) is 6.47. The molecule has 0 amide bonds. The lowest BCUT2D eigenvalue weighted by Gasteiger charge is -2.04. The molecule has 31 heavy (non-hydrogen) atoms. The monoisotopic (exact) mass is 404 g/mol. The van der Waals surface area contributed by atoms with Crippen LogP contribution in [0.2, 0.25) is 0 Å². The fourth-order valence-corrected chi connectivity index (χ4v) is 3.11. The minimum absolute atomic E-state index is 0.0702. The molecule has 3 heteroatoms. The molecular weight excluding hydrogens is 384 g/mol. The second kappa shape index (κ2) is 9.51. The van der Waals surface area contributed by atoms with Crippen LogP contribution < -0.4 is 4.74 Å². The van der Waals surface area contributed by atoms with E-state index in [9.17, 15) is 9.59 Å². The van der Waals surface area contributed by atoms with Crippen LogP contribution in [0.4, 0.5) is 0 Å². The SMILES string of the molecule is O=C(/C=C/c1ccc(OC(=O)c2ccccc2)cc1)c1ccc(-c2ccccc2)cc1. The number of carbonyl (C=O) groups is 2. The van der Waals surface area contributed by atoms with Gasteiger partial charge < -0.3 is 4.74 Å². The maximum Gasteiger partial charge on any atom is 0.343 e. The minimum Gasteiger partial charge on any atom is -0.423 e. The molecule has 0 saturated carbocycles. The Labute approximate surface area is 181 Å². The van der Waals surface area contributed by atoms with Crippen LogP contribution >= 0.6 is 0 Å². The molecule has 0 spiro atoms. The van der Waals surface area contributed by atoms with E-state index in [0.717, 1.165) is 16.7 Å². The van der Waals surface area contributed by atoms with Gasteiger partial charge in [0.05, 0.1) is 5.56 Å². The predicted molar refractivity (Wildman–Crippen MR) is 123 cm³/mol. The number of hydrogen-bond donors (Lipinski definition) is 0. The summed E-state index contributed by atoms with van der Waals surface area (Å²) in [6.07, 6.45) is 3.29. The van der Waals surface area contributed by atoms with Gasteiger partial charge in [0.2, 0.25) is 0 Å². The fourth-order valence-electron chi connectivity index (χ4n) is 3.11. The van der Waals surface area contributed by atoms with E-state index >= 15 is 0 Å². The molecule has 0 atom stereocenters. The van der Waals surface area contributed by atoms with Crippen molar-refractivity contribution in [2.75, 3.05) is 0 Å². The van der Waals surface area contributed by atoms with Crippen LogP contribution in [0.5, 0.6) is 5.75 Å². The largest absolute Gasteiger partial charge is 0.423 e. The Hall–Kier alpha value is -4.24. The number of esters is 1. The summed E-state index contributed by atoms with van der Waals surface area (Å²) >= 11 is 0. The van der Waals surface area contributed by atoms with Crippen LogP contribution in [-0.4, -0.2) is 11.8 Å². The molecule has 4 aromatic rings. The lowest BCUT2D eigenvalue weighted by Crippen LogP contribution is -2.07. The van der Waals surface area contributed by atoms with Gasteiger partial charge in [-0.05, 0) is 47.0 Å². The molecule has 0 heterocycles. The highest BCUT2D eigenvalue weighted by atomic mass is 16.5. The summed E-state index contributed by atoms with van der Waals surface area (Å²) in [5.41, 5.74) is 4.15. The highest BCUT2D eigenvalue weighted by molar-refractivity contribution is 6.07. The van der Waals surface area contributed by atoms with Crippen molar-refractivity contribution in [2.24, 2.45) is 0 Å². The number of ether oxygens (including phenoxy) is 1. The first-order chi connectivity index (χ1) is 15.2. The normalized spacial score (nSPS) is 10.7.